The second kappa shape index (κ2) is 3.05. The Labute approximate surface area is 35.9 Å². The van der Waals surface area contributed by atoms with Gasteiger partial charge in [-0.05, 0) is 0 Å². The molecule has 0 unspecified atom stereocenters. The molecule has 0 bridgehead atoms. The van der Waals surface area contributed by atoms with E-state index in [1.165, 1.54) is 0 Å². The van der Waals surface area contributed by atoms with Crippen LogP contribution in [0.25, 0.3) is 0 Å². The molecule has 6 heavy (non-hydrogen) atoms. The molecule has 0 aliphatic rings. The lowest BCUT2D eigenvalue weighted by Crippen LogP contribution is -1.81. The number of thiol groups is 1. The van der Waals surface area contributed by atoms with Gasteiger partial charge in [-0.2, -0.15) is 0 Å². The molecule has 0 aliphatic carbocycles. The highest BCUT2D eigenvalue weighted by Crippen LogP contribution is 1.69. The first-order valence-electron chi connectivity index (χ1n) is 1.10. The van der Waals surface area contributed by atoms with Gasteiger partial charge in [0, 0.05) is 0 Å². The van der Waals surface area contributed by atoms with Crippen molar-refractivity contribution in [2.24, 2.45) is 0 Å². The maximum absolute atomic E-state index is 10.6. The third-order valence-corrected chi connectivity index (χ3v) is 0.463. The molecule has 0 aromatic heterocycles. The number of hydrogen-bond donors (Lipinski definition) is 1. The van der Waals surface area contributed by atoms with E-state index < -0.39 is 17.8 Å². The summed E-state index contributed by atoms with van der Waals surface area (Å²) in [6, 6.07) is 0. The molecule has 0 saturated heterocycles. The van der Waals surface area contributed by atoms with Crippen molar-refractivity contribution in [1.29, 1.82) is 0 Å². The van der Waals surface area contributed by atoms with E-state index in [-0.39, 0.29) is 0 Å². The van der Waals surface area contributed by atoms with Crippen LogP contribution in [0.5, 0.6) is 0 Å². The number of hydrogen-bond acceptors (Lipinski definition) is 3. The van der Waals surface area contributed by atoms with Crippen molar-refractivity contribution in [3.8, 4) is 0 Å². The molecule has 38 valence electrons. The Balaban J connectivity index is 3.07. The Bertz CT molecular complexity index is 78.8. The average molecular weight is 114 g/mol. The van der Waals surface area contributed by atoms with Crippen molar-refractivity contribution < 1.29 is 17.0 Å². The van der Waals surface area contributed by atoms with Gasteiger partial charge in [-0.15, -0.1) is 0 Å². The molecule has 3 nitrogen and oxygen atoms in total. The van der Waals surface area contributed by atoms with E-state index in [0.29, 0.717) is 0 Å². The van der Waals surface area contributed by atoms with Gasteiger partial charge in [0.25, 0.3) is 11.0 Å². The highest BCUT2D eigenvalue weighted by Gasteiger charge is 1.75. The van der Waals surface area contributed by atoms with Gasteiger partial charge >= 0.3 is 0 Å². The SMILES string of the molecule is O=[SH](=O)OCF. The molecule has 0 atom stereocenters. The normalized spacial score (nSPS) is 9.67. The van der Waals surface area contributed by atoms with Crippen LogP contribution in [0.3, 0.4) is 0 Å². The van der Waals surface area contributed by atoms with Crippen LogP contribution in [0.4, 0.5) is 4.39 Å². The summed E-state index contributed by atoms with van der Waals surface area (Å²) in [5.41, 5.74) is 0. The quantitative estimate of drug-likeness (QED) is 0.490. The van der Waals surface area contributed by atoms with Gasteiger partial charge in [-0.1, -0.05) is 0 Å². The first-order valence-corrected chi connectivity index (χ1v) is 2.20. The van der Waals surface area contributed by atoms with Crippen LogP contribution in [-0.2, 0) is 15.2 Å². The van der Waals surface area contributed by atoms with Gasteiger partial charge in [0.15, 0.2) is 0 Å². The second-order valence-electron chi connectivity index (χ2n) is 0.462. The lowest BCUT2D eigenvalue weighted by molar-refractivity contribution is 0.207. The summed E-state index contributed by atoms with van der Waals surface area (Å²) in [5, 5.41) is 0. The third-order valence-electron chi connectivity index (χ3n) is 0.154. The summed E-state index contributed by atoms with van der Waals surface area (Å²) in [5.74, 6) is 0. The fourth-order valence-corrected chi connectivity index (χ4v) is 0.120. The fourth-order valence-electron chi connectivity index (χ4n) is 0.0398. The van der Waals surface area contributed by atoms with E-state index in [1.54, 1.807) is 0 Å². The highest BCUT2D eigenvalue weighted by molar-refractivity contribution is 7.67. The van der Waals surface area contributed by atoms with Crippen molar-refractivity contribution in [1.82, 2.24) is 0 Å². The van der Waals surface area contributed by atoms with Crippen LogP contribution >= 0.6 is 0 Å². The van der Waals surface area contributed by atoms with E-state index in [0.717, 1.165) is 0 Å². The van der Waals surface area contributed by atoms with E-state index in [4.69, 9.17) is 0 Å². The molecule has 0 radical (unpaired) electrons. The lowest BCUT2D eigenvalue weighted by atomic mass is 11.6. The minimum Gasteiger partial charge on any atom is -0.238 e. The van der Waals surface area contributed by atoms with Gasteiger partial charge in [-0.25, -0.2) is 17.0 Å². The van der Waals surface area contributed by atoms with Crippen molar-refractivity contribution in [2.75, 3.05) is 6.86 Å². The maximum atomic E-state index is 10.6. The minimum atomic E-state index is -2.98. The van der Waals surface area contributed by atoms with E-state index in [9.17, 15) is 12.8 Å². The van der Waals surface area contributed by atoms with E-state index >= 15 is 0 Å². The standard InChI is InChI=1S/CH3FO3S/c2-1-5-6(3)4/h6H,1H2. The zero-order chi connectivity index (χ0) is 4.99. The van der Waals surface area contributed by atoms with Gasteiger partial charge in [0.05, 0.1) is 0 Å². The average Bonchev–Trinajstić information content (AvgIpc) is 1.35. The second-order valence-corrected chi connectivity index (χ2v) is 1.17. The summed E-state index contributed by atoms with van der Waals surface area (Å²) in [6.07, 6.45) is 0. The zero-order valence-electron chi connectivity index (χ0n) is 2.76. The molecule has 0 aliphatic heterocycles. The van der Waals surface area contributed by atoms with Crippen LogP contribution in [0.2, 0.25) is 0 Å². The Morgan fingerprint density at radius 3 is 2.17 bits per heavy atom. The summed E-state index contributed by atoms with van der Waals surface area (Å²) < 4.78 is 32.3. The Kier molecular flexibility index (Phi) is 2.97. The maximum Gasteiger partial charge on any atom is 0.259 e. The molecule has 0 saturated carbocycles. The molecule has 0 heterocycles. The molecular formula is CH3FO3S. The van der Waals surface area contributed by atoms with Gasteiger partial charge < -0.3 is 0 Å². The van der Waals surface area contributed by atoms with Crippen molar-refractivity contribution in [3.05, 3.63) is 0 Å². The lowest BCUT2D eigenvalue weighted by Gasteiger charge is -1.74. The minimum absolute atomic E-state index is 1.27. The molecule has 0 N–H and O–H groups in total. The number of halogens is 1. The summed E-state index contributed by atoms with van der Waals surface area (Å²) in [4.78, 5) is 0. The largest absolute Gasteiger partial charge is 0.259 e. The molecular weight excluding hydrogens is 111 g/mol. The first kappa shape index (κ1) is 5.84. The topological polar surface area (TPSA) is 43.4 Å². The zero-order valence-corrected chi connectivity index (χ0v) is 3.65. The van der Waals surface area contributed by atoms with Crippen LogP contribution in [-0.4, -0.2) is 15.3 Å². The van der Waals surface area contributed by atoms with Crippen molar-refractivity contribution in [2.45, 2.75) is 0 Å². The molecule has 5 heteroatoms. The highest BCUT2D eigenvalue weighted by atomic mass is 32.2. The van der Waals surface area contributed by atoms with Crippen LogP contribution in [0.1, 0.15) is 0 Å². The molecule has 0 aromatic carbocycles. The summed E-state index contributed by atoms with van der Waals surface area (Å²) in [7, 11) is -2.98. The number of rotatable bonds is 2. The van der Waals surface area contributed by atoms with Crippen molar-refractivity contribution >= 4 is 11.0 Å². The van der Waals surface area contributed by atoms with Crippen LogP contribution in [0, 0.1) is 0 Å². The Morgan fingerprint density at radius 2 is 2.17 bits per heavy atom. The number of alkyl halides is 1. The molecule has 0 aromatic rings. The van der Waals surface area contributed by atoms with Crippen molar-refractivity contribution in [3.63, 3.8) is 0 Å². The first-order chi connectivity index (χ1) is 2.77. The third kappa shape index (κ3) is 3.84. The smallest absolute Gasteiger partial charge is 0.238 e. The van der Waals surface area contributed by atoms with Gasteiger partial charge in [-0.3, -0.25) is 0 Å². The molecule has 0 fully saturated rings. The Hall–Kier alpha value is -0.160. The molecule has 0 amide bonds. The van der Waals surface area contributed by atoms with Gasteiger partial charge in [0.2, 0.25) is 6.86 Å². The van der Waals surface area contributed by atoms with E-state index in [1.807, 2.05) is 0 Å². The summed E-state index contributed by atoms with van der Waals surface area (Å²) >= 11 is 0. The van der Waals surface area contributed by atoms with Crippen LogP contribution in [0.15, 0.2) is 0 Å². The molecule has 0 rings (SSSR count). The Morgan fingerprint density at radius 1 is 1.67 bits per heavy atom. The van der Waals surface area contributed by atoms with Crippen LogP contribution < -0.4 is 0 Å². The predicted octanol–water partition coefficient (Wildman–Crippen LogP) is -0.544. The van der Waals surface area contributed by atoms with E-state index in [2.05, 4.69) is 4.18 Å². The summed E-state index contributed by atoms with van der Waals surface area (Å²) in [6.45, 7) is -1.27. The monoisotopic (exact) mass is 114 g/mol. The van der Waals surface area contributed by atoms with Gasteiger partial charge in [0.1, 0.15) is 0 Å². The predicted molar refractivity (Wildman–Crippen MR) is 17.4 cm³/mol. The molecule has 0 spiro atoms. The fraction of sp³-hybridized carbons (Fsp3) is 1.00.